The van der Waals surface area contributed by atoms with E-state index in [0.717, 1.165) is 6.26 Å². The molecule has 1 atom stereocenters. The van der Waals surface area contributed by atoms with Gasteiger partial charge in [0, 0.05) is 36.8 Å². The average molecular weight is 510 g/mol. The molecular formula is C27H28FN3O4S. The largest absolute Gasteiger partial charge is 0.494 e. The Balaban J connectivity index is 2.10. The van der Waals surface area contributed by atoms with Crippen molar-refractivity contribution in [1.82, 2.24) is 0 Å². The molecule has 0 bridgehead atoms. The Kier molecular flexibility index (Phi) is 8.60. The normalized spacial score (nSPS) is 13.2. The van der Waals surface area contributed by atoms with E-state index in [0.29, 0.717) is 34.7 Å². The van der Waals surface area contributed by atoms with Crippen molar-refractivity contribution in [2.24, 2.45) is 10.7 Å². The molecule has 9 heteroatoms. The molecule has 0 aliphatic carbocycles. The van der Waals surface area contributed by atoms with Crippen LogP contribution in [0.4, 0.5) is 10.1 Å². The maximum absolute atomic E-state index is 13.8. The number of carbonyl (C=O) groups excluding carboxylic acids is 1. The van der Waals surface area contributed by atoms with Gasteiger partial charge in [-0.2, -0.15) is 0 Å². The third kappa shape index (κ3) is 6.57. The molecule has 3 N–H and O–H groups in total. The van der Waals surface area contributed by atoms with Crippen LogP contribution < -0.4 is 15.8 Å². The van der Waals surface area contributed by atoms with Gasteiger partial charge in [0.25, 0.3) is 0 Å². The minimum atomic E-state index is -3.42. The molecule has 0 amide bonds. The number of anilines is 1. The first-order valence-corrected chi connectivity index (χ1v) is 13.0. The van der Waals surface area contributed by atoms with Crippen molar-refractivity contribution >= 4 is 33.1 Å². The lowest BCUT2D eigenvalue weighted by atomic mass is 9.95. The van der Waals surface area contributed by atoms with Gasteiger partial charge < -0.3 is 15.8 Å². The zero-order valence-electron chi connectivity index (χ0n) is 20.2. The van der Waals surface area contributed by atoms with Crippen molar-refractivity contribution < 1.29 is 22.3 Å². The van der Waals surface area contributed by atoms with Crippen molar-refractivity contribution in [3.05, 3.63) is 95.4 Å². The van der Waals surface area contributed by atoms with Crippen LogP contribution >= 0.6 is 0 Å². The number of ketones is 1. The van der Waals surface area contributed by atoms with E-state index in [1.165, 1.54) is 42.6 Å². The van der Waals surface area contributed by atoms with Gasteiger partial charge in [-0.3, -0.25) is 9.79 Å². The second-order valence-corrected chi connectivity index (χ2v) is 9.98. The summed E-state index contributed by atoms with van der Waals surface area (Å²) >= 11 is 0. The summed E-state index contributed by atoms with van der Waals surface area (Å²) in [5.74, 6) is -0.269. The molecule has 0 fully saturated rings. The van der Waals surface area contributed by atoms with Gasteiger partial charge in [-0.25, -0.2) is 12.8 Å². The third-order valence-corrected chi connectivity index (χ3v) is 6.46. The Labute approximate surface area is 210 Å². The van der Waals surface area contributed by atoms with Gasteiger partial charge in [-0.05, 0) is 54.4 Å². The van der Waals surface area contributed by atoms with Crippen LogP contribution in [0.1, 0.15) is 24.1 Å². The summed E-state index contributed by atoms with van der Waals surface area (Å²) in [7, 11) is -1.88. The topological polar surface area (TPSA) is 111 Å². The summed E-state index contributed by atoms with van der Waals surface area (Å²) in [6.45, 7) is 2.35. The minimum Gasteiger partial charge on any atom is -0.494 e. The lowest BCUT2D eigenvalue weighted by Gasteiger charge is -2.21. The lowest BCUT2D eigenvalue weighted by Crippen LogP contribution is -2.27. The number of halogens is 1. The number of allylic oxidation sites excluding steroid dienone is 1. The lowest BCUT2D eigenvalue weighted by molar-refractivity contribution is -0.116. The SMILES string of the molecule is CCOc1cccc(NC(C(=O)C(N)=C(C=NC)c2ccc(F)cc2)c2ccc(S(C)(=O)=O)cc2)c1. The average Bonchev–Trinajstić information content (AvgIpc) is 2.86. The number of rotatable bonds is 10. The van der Waals surface area contributed by atoms with E-state index in [2.05, 4.69) is 10.3 Å². The van der Waals surface area contributed by atoms with E-state index in [4.69, 9.17) is 10.5 Å². The Bertz CT molecular complexity index is 1380. The highest BCUT2D eigenvalue weighted by molar-refractivity contribution is 7.90. The van der Waals surface area contributed by atoms with Crippen molar-refractivity contribution in [2.45, 2.75) is 17.9 Å². The van der Waals surface area contributed by atoms with E-state index in [1.807, 2.05) is 6.92 Å². The molecule has 188 valence electrons. The fourth-order valence-electron chi connectivity index (χ4n) is 3.56. The van der Waals surface area contributed by atoms with Crippen molar-refractivity contribution in [3.63, 3.8) is 0 Å². The number of nitrogens with two attached hydrogens (primary N) is 1. The van der Waals surface area contributed by atoms with Crippen molar-refractivity contribution in [1.29, 1.82) is 0 Å². The number of nitrogens with one attached hydrogen (secondary N) is 1. The number of hydrogen-bond donors (Lipinski definition) is 2. The second-order valence-electron chi connectivity index (χ2n) is 7.97. The highest BCUT2D eigenvalue weighted by atomic mass is 32.2. The Morgan fingerprint density at radius 1 is 1.11 bits per heavy atom. The summed E-state index contributed by atoms with van der Waals surface area (Å²) in [6.07, 6.45) is 2.56. The van der Waals surface area contributed by atoms with Crippen molar-refractivity contribution in [3.8, 4) is 5.75 Å². The summed E-state index contributed by atoms with van der Waals surface area (Å²) in [4.78, 5) is 17.9. The van der Waals surface area contributed by atoms with Crippen LogP contribution in [-0.4, -0.2) is 40.3 Å². The van der Waals surface area contributed by atoms with Crippen LogP contribution in [0.5, 0.6) is 5.75 Å². The van der Waals surface area contributed by atoms with Gasteiger partial charge in [0.05, 0.1) is 17.2 Å². The zero-order valence-corrected chi connectivity index (χ0v) is 21.1. The van der Waals surface area contributed by atoms with Crippen LogP contribution in [0.3, 0.4) is 0 Å². The van der Waals surface area contributed by atoms with Crippen LogP contribution in [0, 0.1) is 5.82 Å². The van der Waals surface area contributed by atoms with Gasteiger partial charge in [0.2, 0.25) is 5.78 Å². The van der Waals surface area contributed by atoms with Crippen molar-refractivity contribution in [2.75, 3.05) is 25.2 Å². The molecule has 1 unspecified atom stereocenters. The Hall–Kier alpha value is -3.98. The van der Waals surface area contributed by atoms with E-state index in [1.54, 1.807) is 43.4 Å². The first kappa shape index (κ1) is 26.6. The van der Waals surface area contributed by atoms with Gasteiger partial charge in [-0.1, -0.05) is 30.3 Å². The highest BCUT2D eigenvalue weighted by Crippen LogP contribution is 2.28. The molecule has 36 heavy (non-hydrogen) atoms. The Morgan fingerprint density at radius 3 is 2.36 bits per heavy atom. The van der Waals surface area contributed by atoms with Gasteiger partial charge >= 0.3 is 0 Å². The summed E-state index contributed by atoms with van der Waals surface area (Å²) in [5.41, 5.74) is 8.26. The monoisotopic (exact) mass is 509 g/mol. The van der Waals surface area contributed by atoms with E-state index in [9.17, 15) is 17.6 Å². The molecule has 0 aromatic heterocycles. The predicted molar refractivity (Wildman–Crippen MR) is 140 cm³/mol. The molecule has 0 saturated carbocycles. The molecule has 7 nitrogen and oxygen atoms in total. The molecule has 0 spiro atoms. The Morgan fingerprint density at radius 2 is 1.78 bits per heavy atom. The maximum Gasteiger partial charge on any atom is 0.205 e. The molecule has 3 aromatic carbocycles. The first-order valence-electron chi connectivity index (χ1n) is 11.2. The third-order valence-electron chi connectivity index (χ3n) is 5.33. The molecule has 0 aliphatic rings. The van der Waals surface area contributed by atoms with E-state index < -0.39 is 27.5 Å². The minimum absolute atomic E-state index is 0.0853. The fraction of sp³-hybridized carbons (Fsp3) is 0.185. The van der Waals surface area contributed by atoms with Crippen LogP contribution in [-0.2, 0) is 14.6 Å². The highest BCUT2D eigenvalue weighted by Gasteiger charge is 2.26. The van der Waals surface area contributed by atoms with E-state index >= 15 is 0 Å². The number of carbonyl (C=O) groups is 1. The molecule has 0 radical (unpaired) electrons. The second kappa shape index (κ2) is 11.6. The standard InChI is InChI=1S/C27H28FN3O4S/c1-4-35-22-7-5-6-21(16-22)31-26(19-10-14-23(15-11-19)36(3,33)34)27(32)25(29)24(17-30-2)18-8-12-20(28)13-9-18/h5-17,26,31H,4,29H2,1-3H3. The van der Waals surface area contributed by atoms with E-state index in [-0.39, 0.29) is 10.6 Å². The summed E-state index contributed by atoms with van der Waals surface area (Å²) in [5, 5.41) is 3.19. The zero-order chi connectivity index (χ0) is 26.3. The van der Waals surface area contributed by atoms with Crippen LogP contribution in [0.25, 0.3) is 5.57 Å². The predicted octanol–water partition coefficient (Wildman–Crippen LogP) is 4.42. The quantitative estimate of drug-likeness (QED) is 0.309. The fourth-order valence-corrected chi connectivity index (χ4v) is 4.19. The molecule has 3 rings (SSSR count). The first-order chi connectivity index (χ1) is 17.1. The number of hydrogen-bond acceptors (Lipinski definition) is 7. The smallest absolute Gasteiger partial charge is 0.205 e. The van der Waals surface area contributed by atoms with Gasteiger partial charge in [-0.15, -0.1) is 0 Å². The summed E-state index contributed by atoms with van der Waals surface area (Å²) < 4.78 is 42.9. The number of ether oxygens (including phenoxy) is 1. The summed E-state index contributed by atoms with van der Waals surface area (Å²) in [6, 6.07) is 17.7. The number of benzene rings is 3. The number of sulfone groups is 1. The van der Waals surface area contributed by atoms with Gasteiger partial charge in [0.15, 0.2) is 9.84 Å². The number of Topliss-reactive ketones (excluding diaryl/α,β-unsaturated/α-hetero) is 1. The molecule has 3 aromatic rings. The molecular weight excluding hydrogens is 481 g/mol. The van der Waals surface area contributed by atoms with Gasteiger partial charge in [0.1, 0.15) is 17.6 Å². The number of nitrogens with zero attached hydrogens (tertiary/aromatic N) is 1. The molecule has 0 aliphatic heterocycles. The molecule has 0 heterocycles. The van der Waals surface area contributed by atoms with Crippen LogP contribution in [0.15, 0.2) is 88.4 Å². The maximum atomic E-state index is 13.8. The number of aliphatic imine (C=N–C) groups is 1. The molecule has 0 saturated heterocycles. The van der Waals surface area contributed by atoms with Crippen LogP contribution in [0.2, 0.25) is 0 Å².